The molecule has 4 N–H and O–H groups in total. The number of hydrogen-bond donors (Lipinski definition) is 4. The van der Waals surface area contributed by atoms with Crippen LogP contribution in [-0.4, -0.2) is 175 Å². The van der Waals surface area contributed by atoms with Crippen LogP contribution in [0.25, 0.3) is 0 Å². The van der Waals surface area contributed by atoms with E-state index in [1.165, 1.54) is 27.2 Å². The largest absolute Gasteiger partial charge is 0.395 e. The summed E-state index contributed by atoms with van der Waals surface area (Å²) in [6.45, 7) is 73.1. The second kappa shape index (κ2) is 83.2. The van der Waals surface area contributed by atoms with E-state index in [1.807, 2.05) is 288 Å². The highest BCUT2D eigenvalue weighted by Crippen LogP contribution is 2.17. The first-order valence-corrected chi connectivity index (χ1v) is 53.4. The Balaban J connectivity index is 0.000000832. The zero-order valence-corrected chi connectivity index (χ0v) is 97.4. The first-order valence-electron chi connectivity index (χ1n) is 52.7. The summed E-state index contributed by atoms with van der Waals surface area (Å²) in [4.78, 5) is 49.1. The molecule has 0 spiro atoms. The molecule has 0 aliphatic carbocycles. The summed E-state index contributed by atoms with van der Waals surface area (Å²) >= 11 is 3.32. The molecule has 150 heavy (non-hydrogen) atoms. The predicted octanol–water partition coefficient (Wildman–Crippen LogP) is 24.6. The topological polar surface area (TPSA) is 345 Å². The van der Waals surface area contributed by atoms with Crippen LogP contribution in [0.1, 0.15) is 301 Å². The molecule has 13 rings (SSSR count). The van der Waals surface area contributed by atoms with Crippen LogP contribution in [0, 0.1) is 41.5 Å². The molecule has 0 unspecified atom stereocenters. The molecule has 0 amide bonds. The highest BCUT2D eigenvalue weighted by molar-refractivity contribution is 7.11. The van der Waals surface area contributed by atoms with Gasteiger partial charge in [0.25, 0.3) is 0 Å². The number of aromatic amines is 2. The third-order valence-electron chi connectivity index (χ3n) is 19.6. The average Bonchev–Trinajstić information content (AvgIpc) is 1.12. The number of aliphatic hydroxyl groups is 1. The van der Waals surface area contributed by atoms with E-state index in [-0.39, 0.29) is 75.1 Å². The Morgan fingerprint density at radius 2 is 0.880 bits per heavy atom. The molecule has 0 bridgehead atoms. The molecular weight excluding hydrogens is 1940 g/mol. The second-order valence-corrected chi connectivity index (χ2v) is 39.9. The van der Waals surface area contributed by atoms with Crippen LogP contribution >= 0.6 is 22.7 Å². The number of nitrogens with zero attached hydrogens (tertiary/aromatic N) is 15. The number of rotatable bonds is 45. The molecule has 1 aromatic carbocycles. The minimum Gasteiger partial charge on any atom is -0.395 e. The maximum Gasteiger partial charge on any atom is 0.231 e. The summed E-state index contributed by atoms with van der Waals surface area (Å²) in [7, 11) is 2.00. The van der Waals surface area contributed by atoms with Crippen LogP contribution in [0.3, 0.4) is 0 Å². The number of benzene rings is 1. The number of aryl methyl sites for hydroxylation is 8. The molecule has 0 radical (unpaired) electrons. The van der Waals surface area contributed by atoms with Crippen molar-refractivity contribution in [3.8, 4) is 0 Å². The number of aromatic nitrogens is 17. The van der Waals surface area contributed by atoms with E-state index in [0.717, 1.165) is 109 Å². The summed E-state index contributed by atoms with van der Waals surface area (Å²) < 4.78 is 95.4. The van der Waals surface area contributed by atoms with Crippen molar-refractivity contribution < 1.29 is 79.4 Å². The van der Waals surface area contributed by atoms with Gasteiger partial charge in [0, 0.05) is 128 Å². The van der Waals surface area contributed by atoms with Gasteiger partial charge in [-0.25, -0.2) is 34.9 Å². The Bertz CT molecular complexity index is 5330. The summed E-state index contributed by atoms with van der Waals surface area (Å²) in [5.74, 6) is 2.76. The van der Waals surface area contributed by atoms with Gasteiger partial charge in [0.05, 0.1) is 256 Å². The maximum atomic E-state index is 9.33. The van der Waals surface area contributed by atoms with E-state index in [9.17, 15) is 5.21 Å². The van der Waals surface area contributed by atoms with Crippen molar-refractivity contribution in [3.05, 3.63) is 301 Å². The Morgan fingerprint density at radius 3 is 1.33 bits per heavy atom. The molecule has 0 saturated heterocycles. The van der Waals surface area contributed by atoms with Crippen molar-refractivity contribution in [2.24, 2.45) is 7.05 Å². The van der Waals surface area contributed by atoms with E-state index >= 15 is 0 Å². The summed E-state index contributed by atoms with van der Waals surface area (Å²) in [6, 6.07) is 29.8. The molecule has 12 heterocycles. The van der Waals surface area contributed by atoms with Crippen molar-refractivity contribution in [3.63, 3.8) is 0 Å². The summed E-state index contributed by atoms with van der Waals surface area (Å²) in [5.41, 5.74) is 16.1. The van der Waals surface area contributed by atoms with E-state index < -0.39 is 6.56 Å². The number of pyridine rings is 3. The van der Waals surface area contributed by atoms with E-state index in [0.29, 0.717) is 110 Å². The van der Waals surface area contributed by atoms with Crippen LogP contribution in [0.15, 0.2) is 190 Å². The van der Waals surface area contributed by atoms with Gasteiger partial charge < -0.3 is 94.9 Å². The number of hydrogen-bond acceptors (Lipinski definition) is 27. The fourth-order valence-corrected chi connectivity index (χ4v) is 12.5. The quantitative estimate of drug-likeness (QED) is 0.0156. The smallest absolute Gasteiger partial charge is 0.231 e. The van der Waals surface area contributed by atoms with E-state index in [1.54, 1.807) is 86.0 Å². The number of H-pyrrole nitrogens is 2. The fraction of sp³-hybridized carbons (Fsp3) is 0.560. The first-order chi connectivity index (χ1) is 71.7. The molecule has 0 fully saturated rings. The van der Waals surface area contributed by atoms with Gasteiger partial charge in [-0.15, -0.1) is 22.7 Å². The Hall–Kier alpha value is -10.4. The molecule has 12 aromatic heterocycles. The average molecular weight is 2130 g/mol. The number of nitrogens with one attached hydrogen (secondary N) is 2. The van der Waals surface area contributed by atoms with Gasteiger partial charge in [-0.3, -0.25) is 20.2 Å². The SMILES string of the molecule is C.CC(C)OCc1cccn1CCO.CC(C)OCc1cccn1CCOCc1ccccc1.CC(C)OCc1cnc[nH]1.CC(C)OCc1cncs1.CCc1ccc(COC(C)C)cn1.CCn1cncc1COC(C)C.Cc1ccc(COC(C)C)c[n+]1O.Cc1ncc(COC(C)C)[nH]1.Cc1ncc(COC(C)C)cn1.Cc1ncc(COC(C)C)n1C.Cc1ncc(COC(C)C)s1.[2H]C([2H])(OC(C)C)c1ccc(C)nc1. The Labute approximate surface area is 910 Å². The zero-order chi connectivity index (χ0) is 113. The van der Waals surface area contributed by atoms with Crippen molar-refractivity contribution >= 4 is 22.7 Å². The van der Waals surface area contributed by atoms with Crippen LogP contribution in [0.4, 0.5) is 0 Å². The van der Waals surface area contributed by atoms with Crippen molar-refractivity contribution in [1.82, 2.24) is 78.1 Å². The molecule has 13 aromatic rings. The highest BCUT2D eigenvalue weighted by atomic mass is 32.1. The first kappa shape index (κ1) is 134. The lowest BCUT2D eigenvalue weighted by Crippen LogP contribution is -2.33. The van der Waals surface area contributed by atoms with Gasteiger partial charge in [0.2, 0.25) is 11.9 Å². The Morgan fingerprint density at radius 1 is 0.393 bits per heavy atom. The van der Waals surface area contributed by atoms with Gasteiger partial charge in [-0.1, -0.05) is 56.8 Å². The number of aliphatic hydroxyl groups excluding tert-OH is 1. The maximum absolute atomic E-state index is 9.33. The Kier molecular flexibility index (Phi) is 74.3. The summed E-state index contributed by atoms with van der Waals surface area (Å²) in [6.07, 6.45) is 31.0. The molecular formula is C116H188N17O15S2+. The predicted molar refractivity (Wildman–Crippen MR) is 603 cm³/mol. The molecule has 32 nitrogen and oxygen atoms in total. The van der Waals surface area contributed by atoms with Gasteiger partial charge in [0.1, 0.15) is 17.5 Å². The lowest BCUT2D eigenvalue weighted by Gasteiger charge is -2.12. The standard InChI is InChI=1S/C17H23NO2.C11H17NO.C10H16NO2.C10H17NO2.C10H15NO.C9H16N2O.C9H14N2O.C9H16N2O.C8H14N2O.C8H13NOS.C7H12N2O.C7H11NOS.CH4/c1-15(2)20-14-17-9-6-10-18(17)11-12-19-13-16-7-4-3-5-8-16;1-4-11-6-5-10(7-12-11)8-13-9(2)3;1-8(2)13-7-10-5-4-9(3)11(12)6-10;1-9(2)13-8-10-4-3-5-11(10)6-7-12;1-8(2)12-7-10-5-4-9(3)11-6-10;1-7(2)12-6-9-5-10-8(3)11(9)4;1-7(2)12-6-9-4-10-8(3)11-5-9;1-4-11-7-10-5-9(11)6-12-8(2)3;1-6(2)11-5-8-4-9-7(3)10-8;1-6(2)10-5-8-4-9-7(3)11-8;1-6(2)10-4-7-3-8-5-9-7;1-6(2)9-4-7-3-8-5-10-7;/h3-10,15H,11-14H2,1-2H3;5-7,9H,4,8H2,1-3H3;4-6,8,12H,7H2,1-3H3;3-5,9,12H,6-8H2,1-2H3;4-6,8H,7H2,1-3H3;5,7H,6H2,1-4H3;4-5,7H,6H2,1-3H3;5,7-8H,4,6H2,1-3H3;4,6H,5H2,1-3H3,(H,9,10);4,6H,5H2,1-3H3;3,5-6H,4H2,1-2H3,(H,8,9);3,5-6H,4H2,1-2H3;1H4/q;;+1;;;;;;;;;;/i;;;;7D2;;;;;;;;. The van der Waals surface area contributed by atoms with Crippen molar-refractivity contribution in [2.75, 3.05) is 13.2 Å². The van der Waals surface area contributed by atoms with Gasteiger partial charge in [-0.05, 0) is 273 Å². The minimum absolute atomic E-state index is 0. The molecule has 0 aliphatic rings. The van der Waals surface area contributed by atoms with Gasteiger partial charge >= 0.3 is 0 Å². The number of ether oxygens (including phenoxy) is 13. The van der Waals surface area contributed by atoms with E-state index in [4.69, 9.17) is 69.4 Å². The van der Waals surface area contributed by atoms with Crippen LogP contribution < -0.4 is 4.73 Å². The van der Waals surface area contributed by atoms with Crippen LogP contribution in [-0.2, 0) is 181 Å². The molecule has 838 valence electrons. The monoisotopic (exact) mass is 2130 g/mol. The third-order valence-corrected chi connectivity index (χ3v) is 21.2. The second-order valence-electron chi connectivity index (χ2n) is 37.6. The number of thiazole rings is 2. The van der Waals surface area contributed by atoms with Crippen molar-refractivity contribution in [2.45, 2.75) is 414 Å². The van der Waals surface area contributed by atoms with Crippen LogP contribution in [0.5, 0.6) is 0 Å². The number of imidazole rings is 4. The molecule has 0 atom stereocenters. The third kappa shape index (κ3) is 71.5. The highest BCUT2D eigenvalue weighted by Gasteiger charge is 2.12. The minimum atomic E-state index is -1.76. The molecule has 0 saturated carbocycles. The van der Waals surface area contributed by atoms with E-state index in [2.05, 4.69) is 139 Å². The van der Waals surface area contributed by atoms with Gasteiger partial charge in [0.15, 0.2) is 0 Å². The lowest BCUT2D eigenvalue weighted by molar-refractivity contribution is -0.909. The molecule has 0 aliphatic heterocycles. The summed E-state index contributed by atoms with van der Waals surface area (Å²) in [5, 5.41) is 19.2. The lowest BCUT2D eigenvalue weighted by atomic mass is 10.2. The molecule has 34 heteroatoms. The van der Waals surface area contributed by atoms with Gasteiger partial charge in [-0.2, -0.15) is 0 Å². The normalized spacial score (nSPS) is 11.1. The van der Waals surface area contributed by atoms with Crippen LogP contribution in [0.2, 0.25) is 0 Å². The fourth-order valence-electron chi connectivity index (χ4n) is 11.2. The zero-order valence-electron chi connectivity index (χ0n) is 97.8. The van der Waals surface area contributed by atoms with Crippen molar-refractivity contribution in [1.29, 1.82) is 0 Å².